The highest BCUT2D eigenvalue weighted by Gasteiger charge is 2.22. The summed E-state index contributed by atoms with van der Waals surface area (Å²) in [6.07, 6.45) is 13.7. The first-order valence-corrected chi connectivity index (χ1v) is 6.90. The van der Waals surface area contributed by atoms with Gasteiger partial charge in [0.2, 0.25) is 0 Å². The van der Waals surface area contributed by atoms with Gasteiger partial charge in [-0.1, -0.05) is 43.9 Å². The smallest absolute Gasteiger partial charge is 0.0277 e. The van der Waals surface area contributed by atoms with E-state index in [9.17, 15) is 0 Å². The highest BCUT2D eigenvalue weighted by molar-refractivity contribution is 5.41. The molecule has 0 radical (unpaired) electrons. The third kappa shape index (κ3) is 2.91. The van der Waals surface area contributed by atoms with Gasteiger partial charge in [0.15, 0.2) is 0 Å². The second-order valence-electron chi connectivity index (χ2n) is 5.24. The molecule has 0 saturated heterocycles. The average molecular weight is 226 g/mol. The van der Waals surface area contributed by atoms with Crippen LogP contribution in [0.5, 0.6) is 0 Å². The number of hydrogen-bond acceptors (Lipinski definition) is 0. The summed E-state index contributed by atoms with van der Waals surface area (Å²) in [5, 5.41) is 0. The molecule has 0 heterocycles. The molecular formula is C17H22. The topological polar surface area (TPSA) is 0 Å². The SMILES string of the molecule is C#Cc1ccccc1C1CCC(CCC)CC1. The molecule has 1 aliphatic carbocycles. The number of hydrogen-bond donors (Lipinski definition) is 0. The first-order valence-electron chi connectivity index (χ1n) is 6.90. The molecule has 1 aromatic carbocycles. The van der Waals surface area contributed by atoms with Crippen LogP contribution in [0, 0.1) is 18.3 Å². The molecule has 0 amide bonds. The van der Waals surface area contributed by atoms with Gasteiger partial charge in [0.1, 0.15) is 0 Å². The van der Waals surface area contributed by atoms with Gasteiger partial charge in [-0.2, -0.15) is 0 Å². The van der Waals surface area contributed by atoms with Gasteiger partial charge in [-0.25, -0.2) is 0 Å². The van der Waals surface area contributed by atoms with Crippen LogP contribution < -0.4 is 0 Å². The highest BCUT2D eigenvalue weighted by atomic mass is 14.3. The Morgan fingerprint density at radius 3 is 2.53 bits per heavy atom. The summed E-state index contributed by atoms with van der Waals surface area (Å²) in [6.45, 7) is 2.29. The molecule has 0 unspecified atom stereocenters. The van der Waals surface area contributed by atoms with Crippen LogP contribution >= 0.6 is 0 Å². The zero-order chi connectivity index (χ0) is 12.1. The summed E-state index contributed by atoms with van der Waals surface area (Å²) in [6, 6.07) is 8.46. The van der Waals surface area contributed by atoms with E-state index in [4.69, 9.17) is 6.42 Å². The van der Waals surface area contributed by atoms with Crippen molar-refractivity contribution in [2.24, 2.45) is 5.92 Å². The van der Waals surface area contributed by atoms with Gasteiger partial charge in [0.25, 0.3) is 0 Å². The van der Waals surface area contributed by atoms with Gasteiger partial charge < -0.3 is 0 Å². The predicted octanol–water partition coefficient (Wildman–Crippen LogP) is 4.74. The average Bonchev–Trinajstić information content (AvgIpc) is 2.40. The van der Waals surface area contributed by atoms with E-state index in [1.165, 1.54) is 44.1 Å². The number of terminal acetylenes is 1. The van der Waals surface area contributed by atoms with Crippen LogP contribution in [0.4, 0.5) is 0 Å². The van der Waals surface area contributed by atoms with Crippen LogP contribution in [0.2, 0.25) is 0 Å². The molecule has 2 rings (SSSR count). The molecular weight excluding hydrogens is 204 g/mol. The Hall–Kier alpha value is -1.22. The van der Waals surface area contributed by atoms with Gasteiger partial charge in [0, 0.05) is 5.56 Å². The monoisotopic (exact) mass is 226 g/mol. The number of rotatable bonds is 3. The first kappa shape index (κ1) is 12.2. The molecule has 0 spiro atoms. The summed E-state index contributed by atoms with van der Waals surface area (Å²) >= 11 is 0. The van der Waals surface area contributed by atoms with E-state index >= 15 is 0 Å². The van der Waals surface area contributed by atoms with E-state index in [0.717, 1.165) is 11.5 Å². The zero-order valence-corrected chi connectivity index (χ0v) is 10.8. The third-order valence-corrected chi connectivity index (χ3v) is 4.10. The van der Waals surface area contributed by atoms with Crippen LogP contribution in [-0.2, 0) is 0 Å². The number of benzene rings is 1. The minimum atomic E-state index is 0.704. The summed E-state index contributed by atoms with van der Waals surface area (Å²) in [5.74, 6) is 4.50. The van der Waals surface area contributed by atoms with Crippen LogP contribution in [0.1, 0.15) is 62.5 Å². The van der Waals surface area contributed by atoms with Crippen LogP contribution in [0.15, 0.2) is 24.3 Å². The van der Waals surface area contributed by atoms with E-state index in [1.54, 1.807) is 0 Å². The predicted molar refractivity (Wildman–Crippen MR) is 74.0 cm³/mol. The largest absolute Gasteiger partial charge is 0.115 e. The maximum atomic E-state index is 5.58. The van der Waals surface area contributed by atoms with E-state index in [2.05, 4.69) is 31.0 Å². The van der Waals surface area contributed by atoms with Crippen molar-refractivity contribution in [3.05, 3.63) is 35.4 Å². The summed E-state index contributed by atoms with van der Waals surface area (Å²) in [4.78, 5) is 0. The molecule has 0 N–H and O–H groups in total. The van der Waals surface area contributed by atoms with Crippen LogP contribution in [0.3, 0.4) is 0 Å². The van der Waals surface area contributed by atoms with E-state index in [1.807, 2.05) is 6.07 Å². The van der Waals surface area contributed by atoms with Crippen LogP contribution in [0.25, 0.3) is 0 Å². The van der Waals surface area contributed by atoms with Crippen molar-refractivity contribution in [1.29, 1.82) is 0 Å². The molecule has 1 aliphatic rings. The molecule has 1 saturated carbocycles. The standard InChI is InChI=1S/C17H22/c1-3-7-14-10-12-16(13-11-14)17-9-6-5-8-15(17)4-2/h2,5-6,8-9,14,16H,3,7,10-13H2,1H3. The van der Waals surface area contributed by atoms with Gasteiger partial charge in [-0.15, -0.1) is 6.42 Å². The summed E-state index contributed by atoms with van der Waals surface area (Å²) in [5.41, 5.74) is 2.51. The lowest BCUT2D eigenvalue weighted by atomic mass is 9.76. The van der Waals surface area contributed by atoms with Crippen molar-refractivity contribution in [2.45, 2.75) is 51.4 Å². The molecule has 1 fully saturated rings. The Labute approximate surface area is 105 Å². The Morgan fingerprint density at radius 1 is 1.18 bits per heavy atom. The second kappa shape index (κ2) is 5.92. The normalized spacial score (nSPS) is 24.2. The first-order chi connectivity index (χ1) is 8.35. The van der Waals surface area contributed by atoms with Gasteiger partial charge in [-0.05, 0) is 49.1 Å². The van der Waals surface area contributed by atoms with Crippen molar-refractivity contribution in [3.63, 3.8) is 0 Å². The summed E-state index contributed by atoms with van der Waals surface area (Å²) in [7, 11) is 0. The fourth-order valence-electron chi connectivity index (χ4n) is 3.15. The molecule has 17 heavy (non-hydrogen) atoms. The zero-order valence-electron chi connectivity index (χ0n) is 10.8. The van der Waals surface area contributed by atoms with Crippen molar-refractivity contribution in [3.8, 4) is 12.3 Å². The fourth-order valence-corrected chi connectivity index (χ4v) is 3.15. The minimum Gasteiger partial charge on any atom is -0.115 e. The molecule has 0 bridgehead atoms. The Bertz CT molecular complexity index is 389. The quantitative estimate of drug-likeness (QED) is 0.653. The molecule has 0 aliphatic heterocycles. The molecule has 90 valence electrons. The third-order valence-electron chi connectivity index (χ3n) is 4.10. The van der Waals surface area contributed by atoms with Gasteiger partial charge in [0.05, 0.1) is 0 Å². The maximum absolute atomic E-state index is 5.58. The van der Waals surface area contributed by atoms with Crippen molar-refractivity contribution < 1.29 is 0 Å². The lowest BCUT2D eigenvalue weighted by molar-refractivity contribution is 0.308. The Morgan fingerprint density at radius 2 is 1.88 bits per heavy atom. The summed E-state index contributed by atoms with van der Waals surface area (Å²) < 4.78 is 0. The van der Waals surface area contributed by atoms with Crippen LogP contribution in [-0.4, -0.2) is 0 Å². The van der Waals surface area contributed by atoms with Gasteiger partial charge >= 0.3 is 0 Å². The Balaban J connectivity index is 2.03. The lowest BCUT2D eigenvalue weighted by Gasteiger charge is -2.29. The molecule has 1 aromatic rings. The molecule has 0 nitrogen and oxygen atoms in total. The molecule has 0 heteroatoms. The highest BCUT2D eigenvalue weighted by Crippen LogP contribution is 2.38. The maximum Gasteiger partial charge on any atom is 0.0277 e. The van der Waals surface area contributed by atoms with Crippen molar-refractivity contribution in [2.75, 3.05) is 0 Å². The lowest BCUT2D eigenvalue weighted by Crippen LogP contribution is -2.14. The molecule has 0 atom stereocenters. The Kier molecular flexibility index (Phi) is 4.26. The minimum absolute atomic E-state index is 0.704. The van der Waals surface area contributed by atoms with Gasteiger partial charge in [-0.3, -0.25) is 0 Å². The fraction of sp³-hybridized carbons (Fsp3) is 0.529. The van der Waals surface area contributed by atoms with E-state index in [0.29, 0.717) is 5.92 Å². The second-order valence-corrected chi connectivity index (χ2v) is 5.24. The van der Waals surface area contributed by atoms with Crippen molar-refractivity contribution in [1.82, 2.24) is 0 Å². The van der Waals surface area contributed by atoms with E-state index in [-0.39, 0.29) is 0 Å². The van der Waals surface area contributed by atoms with Crippen molar-refractivity contribution >= 4 is 0 Å². The molecule has 0 aromatic heterocycles. The van der Waals surface area contributed by atoms with E-state index < -0.39 is 0 Å².